The van der Waals surface area contributed by atoms with Gasteiger partial charge in [-0.2, -0.15) is 0 Å². The number of hydrogen-bond acceptors (Lipinski definition) is 5. The summed E-state index contributed by atoms with van der Waals surface area (Å²) in [5, 5.41) is 11.6. The standard InChI is InChI=1S/C23H26N4O3S/c1-16(2)21(22-26-25-20-12-7-13-27(20)22)24-23(28)18-10-6-11-19(14-18)31(29,30)15-17-8-4-3-5-9-17/h3-6,8-11,14,16,21H,7,12-13,15H2,1-2H3,(H,24,28)/t21-/m0/s1. The summed E-state index contributed by atoms with van der Waals surface area (Å²) in [5.74, 6) is 1.36. The largest absolute Gasteiger partial charge is 0.342 e. The third-order valence-corrected chi connectivity index (χ3v) is 7.21. The number of amides is 1. The topological polar surface area (TPSA) is 93.9 Å². The van der Waals surface area contributed by atoms with Crippen molar-refractivity contribution in [1.29, 1.82) is 0 Å². The number of carbonyl (C=O) groups excluding carboxylic acids is 1. The first-order valence-electron chi connectivity index (χ1n) is 10.4. The van der Waals surface area contributed by atoms with Gasteiger partial charge in [0, 0.05) is 18.5 Å². The van der Waals surface area contributed by atoms with E-state index in [1.165, 1.54) is 12.1 Å². The number of aryl methyl sites for hydroxylation is 1. The van der Waals surface area contributed by atoms with E-state index >= 15 is 0 Å². The van der Waals surface area contributed by atoms with Gasteiger partial charge in [0.05, 0.1) is 16.7 Å². The van der Waals surface area contributed by atoms with Crippen LogP contribution in [0.4, 0.5) is 0 Å². The highest BCUT2D eigenvalue weighted by molar-refractivity contribution is 7.90. The zero-order valence-corrected chi connectivity index (χ0v) is 18.5. The van der Waals surface area contributed by atoms with Gasteiger partial charge in [-0.05, 0) is 36.1 Å². The van der Waals surface area contributed by atoms with E-state index in [1.807, 2.05) is 32.0 Å². The molecule has 0 saturated carbocycles. The number of benzene rings is 2. The lowest BCUT2D eigenvalue weighted by Crippen LogP contribution is -2.33. The predicted molar refractivity (Wildman–Crippen MR) is 117 cm³/mol. The summed E-state index contributed by atoms with van der Waals surface area (Å²) >= 11 is 0. The Hall–Kier alpha value is -3.00. The number of carbonyl (C=O) groups is 1. The molecule has 1 atom stereocenters. The molecule has 0 saturated heterocycles. The van der Waals surface area contributed by atoms with Crippen LogP contribution in [0, 0.1) is 5.92 Å². The number of fused-ring (bicyclic) bond motifs is 1. The van der Waals surface area contributed by atoms with E-state index in [-0.39, 0.29) is 28.5 Å². The minimum Gasteiger partial charge on any atom is -0.342 e. The Morgan fingerprint density at radius 3 is 2.61 bits per heavy atom. The smallest absolute Gasteiger partial charge is 0.251 e. The van der Waals surface area contributed by atoms with E-state index in [0.717, 1.165) is 31.0 Å². The van der Waals surface area contributed by atoms with Crippen molar-refractivity contribution in [1.82, 2.24) is 20.1 Å². The van der Waals surface area contributed by atoms with Gasteiger partial charge < -0.3 is 9.88 Å². The molecule has 7 nitrogen and oxygen atoms in total. The van der Waals surface area contributed by atoms with Gasteiger partial charge in [-0.25, -0.2) is 8.42 Å². The van der Waals surface area contributed by atoms with Crippen LogP contribution in [-0.2, 0) is 28.6 Å². The molecule has 31 heavy (non-hydrogen) atoms. The van der Waals surface area contributed by atoms with Crippen molar-refractivity contribution in [2.45, 2.75) is 49.9 Å². The molecule has 1 N–H and O–H groups in total. The normalized spacial score (nSPS) is 14.4. The van der Waals surface area contributed by atoms with E-state index < -0.39 is 9.84 Å². The fraction of sp³-hybridized carbons (Fsp3) is 0.348. The number of hydrogen-bond donors (Lipinski definition) is 1. The van der Waals surface area contributed by atoms with Crippen molar-refractivity contribution in [2.24, 2.45) is 5.92 Å². The molecule has 3 aromatic rings. The van der Waals surface area contributed by atoms with Gasteiger partial charge in [0.25, 0.3) is 5.91 Å². The third-order valence-electron chi connectivity index (χ3n) is 5.52. The Balaban J connectivity index is 1.56. The lowest BCUT2D eigenvalue weighted by Gasteiger charge is -2.22. The highest BCUT2D eigenvalue weighted by Gasteiger charge is 2.28. The van der Waals surface area contributed by atoms with E-state index in [4.69, 9.17) is 0 Å². The number of rotatable bonds is 7. The molecular formula is C23H26N4O3S. The maximum absolute atomic E-state index is 13.0. The van der Waals surface area contributed by atoms with Crippen LogP contribution < -0.4 is 5.32 Å². The lowest BCUT2D eigenvalue weighted by molar-refractivity contribution is 0.0921. The summed E-state index contributed by atoms with van der Waals surface area (Å²) < 4.78 is 27.8. The van der Waals surface area contributed by atoms with Crippen LogP contribution in [0.5, 0.6) is 0 Å². The molecule has 0 spiro atoms. The van der Waals surface area contributed by atoms with Crippen LogP contribution in [0.2, 0.25) is 0 Å². The SMILES string of the molecule is CC(C)[C@H](NC(=O)c1cccc(S(=O)(=O)Cc2ccccc2)c1)c1nnc2n1CCC2. The summed E-state index contributed by atoms with van der Waals surface area (Å²) in [6, 6.07) is 14.9. The summed E-state index contributed by atoms with van der Waals surface area (Å²) in [6.45, 7) is 4.88. The molecule has 8 heteroatoms. The van der Waals surface area contributed by atoms with Crippen molar-refractivity contribution >= 4 is 15.7 Å². The molecule has 0 bridgehead atoms. The average molecular weight is 439 g/mol. The number of nitrogens with zero attached hydrogens (tertiary/aromatic N) is 3. The van der Waals surface area contributed by atoms with Crippen molar-refractivity contribution in [3.05, 3.63) is 77.4 Å². The van der Waals surface area contributed by atoms with Crippen LogP contribution in [0.3, 0.4) is 0 Å². The Morgan fingerprint density at radius 1 is 1.10 bits per heavy atom. The van der Waals surface area contributed by atoms with Crippen LogP contribution in [0.25, 0.3) is 0 Å². The number of sulfone groups is 1. The van der Waals surface area contributed by atoms with E-state index in [9.17, 15) is 13.2 Å². The zero-order chi connectivity index (χ0) is 22.0. The molecule has 2 heterocycles. The molecule has 1 aliphatic rings. The molecule has 0 unspecified atom stereocenters. The van der Waals surface area contributed by atoms with E-state index in [0.29, 0.717) is 11.1 Å². The number of aromatic nitrogens is 3. The minimum atomic E-state index is -3.57. The van der Waals surface area contributed by atoms with Gasteiger partial charge in [-0.15, -0.1) is 10.2 Å². The minimum absolute atomic E-state index is 0.0999. The third kappa shape index (κ3) is 4.54. The maximum atomic E-state index is 13.0. The Labute approximate surface area is 182 Å². The van der Waals surface area contributed by atoms with Crippen LogP contribution >= 0.6 is 0 Å². The summed E-state index contributed by atoms with van der Waals surface area (Å²) in [6.07, 6.45) is 1.92. The fourth-order valence-corrected chi connectivity index (χ4v) is 5.26. The van der Waals surface area contributed by atoms with Crippen molar-refractivity contribution in [3.8, 4) is 0 Å². The van der Waals surface area contributed by atoms with Gasteiger partial charge in [-0.1, -0.05) is 50.2 Å². The predicted octanol–water partition coefficient (Wildman–Crippen LogP) is 3.33. The Bertz CT molecular complexity index is 1190. The highest BCUT2D eigenvalue weighted by atomic mass is 32.2. The molecule has 1 amide bonds. The van der Waals surface area contributed by atoms with Gasteiger partial charge in [0.15, 0.2) is 15.7 Å². The van der Waals surface area contributed by atoms with Gasteiger partial charge in [0.1, 0.15) is 5.82 Å². The molecular weight excluding hydrogens is 412 g/mol. The molecule has 1 aromatic heterocycles. The van der Waals surface area contributed by atoms with Crippen LogP contribution in [0.1, 0.15) is 53.9 Å². The van der Waals surface area contributed by atoms with E-state index in [2.05, 4.69) is 20.1 Å². The molecule has 162 valence electrons. The molecule has 1 aliphatic heterocycles. The molecule has 0 aliphatic carbocycles. The van der Waals surface area contributed by atoms with Crippen molar-refractivity contribution in [3.63, 3.8) is 0 Å². The molecule has 0 fully saturated rings. The van der Waals surface area contributed by atoms with Gasteiger partial charge in [-0.3, -0.25) is 4.79 Å². The monoisotopic (exact) mass is 438 g/mol. The summed E-state index contributed by atoms with van der Waals surface area (Å²) in [7, 11) is -3.57. The zero-order valence-electron chi connectivity index (χ0n) is 17.7. The second kappa shape index (κ2) is 8.63. The molecule has 4 rings (SSSR count). The van der Waals surface area contributed by atoms with Crippen LogP contribution in [0.15, 0.2) is 59.5 Å². The first kappa shape index (κ1) is 21.2. The van der Waals surface area contributed by atoms with E-state index in [1.54, 1.807) is 24.3 Å². The second-order valence-electron chi connectivity index (χ2n) is 8.20. The first-order valence-corrected chi connectivity index (χ1v) is 12.1. The van der Waals surface area contributed by atoms with Crippen LogP contribution in [-0.4, -0.2) is 29.1 Å². The Kier molecular flexibility index (Phi) is 5.91. The summed E-state index contributed by atoms with van der Waals surface area (Å²) in [5.41, 5.74) is 1.01. The van der Waals surface area contributed by atoms with Crippen molar-refractivity contribution in [2.75, 3.05) is 0 Å². The quantitative estimate of drug-likeness (QED) is 0.611. The van der Waals surface area contributed by atoms with Gasteiger partial charge in [0.2, 0.25) is 0 Å². The summed E-state index contributed by atoms with van der Waals surface area (Å²) in [4.78, 5) is 13.2. The Morgan fingerprint density at radius 2 is 1.87 bits per heavy atom. The first-order chi connectivity index (χ1) is 14.8. The maximum Gasteiger partial charge on any atom is 0.251 e. The lowest BCUT2D eigenvalue weighted by atomic mass is 10.0. The highest BCUT2D eigenvalue weighted by Crippen LogP contribution is 2.25. The van der Waals surface area contributed by atoms with Crippen molar-refractivity contribution < 1.29 is 13.2 Å². The molecule has 0 radical (unpaired) electrons. The fourth-order valence-electron chi connectivity index (χ4n) is 3.86. The molecule has 2 aromatic carbocycles. The average Bonchev–Trinajstić information content (AvgIpc) is 3.36. The number of nitrogens with one attached hydrogen (secondary N) is 1. The second-order valence-corrected chi connectivity index (χ2v) is 10.2. The van der Waals surface area contributed by atoms with Gasteiger partial charge >= 0.3 is 0 Å².